The predicted molar refractivity (Wildman–Crippen MR) is 104 cm³/mol. The van der Waals surface area contributed by atoms with Crippen molar-refractivity contribution in [3.8, 4) is 0 Å². The molecule has 2 amide bonds. The Morgan fingerprint density at radius 2 is 1.54 bits per heavy atom. The Hall–Kier alpha value is -3.73. The average molecular weight is 371 g/mol. The van der Waals surface area contributed by atoms with Crippen molar-refractivity contribution < 1.29 is 19.1 Å². The number of anilines is 1. The number of fused-ring (bicyclic) bond motifs is 1. The monoisotopic (exact) mass is 371 g/mol. The van der Waals surface area contributed by atoms with Crippen LogP contribution in [0.5, 0.6) is 0 Å². The van der Waals surface area contributed by atoms with Gasteiger partial charge < -0.3 is 4.74 Å². The summed E-state index contributed by atoms with van der Waals surface area (Å²) in [6, 6.07) is 20.7. The molecule has 4 rings (SSSR count). The van der Waals surface area contributed by atoms with Crippen LogP contribution in [-0.4, -0.2) is 17.8 Å². The Morgan fingerprint density at radius 1 is 0.857 bits per heavy atom. The second kappa shape index (κ2) is 7.12. The fraction of sp³-hybridized carbons (Fsp3) is 0.0870. The summed E-state index contributed by atoms with van der Waals surface area (Å²) in [5.74, 6) is -1.31. The summed E-state index contributed by atoms with van der Waals surface area (Å²) >= 11 is 0. The number of aryl methyl sites for hydroxylation is 1. The van der Waals surface area contributed by atoms with Crippen molar-refractivity contribution in [1.29, 1.82) is 0 Å². The first-order valence-electron chi connectivity index (χ1n) is 8.85. The van der Waals surface area contributed by atoms with Crippen molar-refractivity contribution in [2.75, 3.05) is 4.90 Å². The molecule has 1 aliphatic rings. The van der Waals surface area contributed by atoms with E-state index in [2.05, 4.69) is 0 Å². The first-order valence-corrected chi connectivity index (χ1v) is 8.85. The second-order valence-corrected chi connectivity index (χ2v) is 6.61. The molecule has 0 unspecified atom stereocenters. The lowest BCUT2D eigenvalue weighted by Crippen LogP contribution is -2.29. The van der Waals surface area contributed by atoms with Gasteiger partial charge in [0.25, 0.3) is 11.8 Å². The van der Waals surface area contributed by atoms with Gasteiger partial charge in [-0.1, -0.05) is 48.0 Å². The molecule has 0 saturated carbocycles. The topological polar surface area (TPSA) is 63.7 Å². The lowest BCUT2D eigenvalue weighted by Gasteiger charge is -2.15. The smallest absolute Gasteiger partial charge is 0.338 e. The highest BCUT2D eigenvalue weighted by atomic mass is 16.5. The molecule has 0 aromatic heterocycles. The van der Waals surface area contributed by atoms with Gasteiger partial charge in [-0.25, -0.2) is 9.69 Å². The van der Waals surface area contributed by atoms with E-state index in [0.29, 0.717) is 16.8 Å². The van der Waals surface area contributed by atoms with Crippen molar-refractivity contribution in [2.45, 2.75) is 13.5 Å². The molecule has 0 fully saturated rings. The number of imide groups is 1. The van der Waals surface area contributed by atoms with Gasteiger partial charge in [-0.3, -0.25) is 9.59 Å². The lowest BCUT2D eigenvalue weighted by molar-refractivity contribution is 0.0472. The lowest BCUT2D eigenvalue weighted by atomic mass is 10.1. The Labute approximate surface area is 162 Å². The molecule has 0 radical (unpaired) electrons. The number of benzene rings is 3. The van der Waals surface area contributed by atoms with Crippen LogP contribution in [0.3, 0.4) is 0 Å². The van der Waals surface area contributed by atoms with Crippen LogP contribution >= 0.6 is 0 Å². The van der Waals surface area contributed by atoms with Crippen molar-refractivity contribution in [3.63, 3.8) is 0 Å². The predicted octanol–water partition coefficient (Wildman–Crippen LogP) is 4.15. The summed E-state index contributed by atoms with van der Waals surface area (Å²) in [5, 5.41) is 0. The number of nitrogens with zero attached hydrogens (tertiary/aromatic N) is 1. The van der Waals surface area contributed by atoms with Gasteiger partial charge in [0.2, 0.25) is 0 Å². The SMILES string of the molecule is Cc1cccc(COC(=O)c2cccc(N3C(=O)c4ccccc4C3=O)c2)c1. The molecule has 3 aromatic carbocycles. The fourth-order valence-corrected chi connectivity index (χ4v) is 3.23. The van der Waals surface area contributed by atoms with Crippen LogP contribution in [0, 0.1) is 6.92 Å². The molecule has 5 nitrogen and oxygen atoms in total. The number of ether oxygens (including phenoxy) is 1. The molecule has 0 spiro atoms. The molecule has 1 aliphatic heterocycles. The third kappa shape index (κ3) is 3.18. The molecular weight excluding hydrogens is 354 g/mol. The van der Waals surface area contributed by atoms with Crippen molar-refractivity contribution in [2.24, 2.45) is 0 Å². The summed E-state index contributed by atoms with van der Waals surface area (Å²) in [6.07, 6.45) is 0. The zero-order chi connectivity index (χ0) is 19.7. The second-order valence-electron chi connectivity index (χ2n) is 6.61. The van der Waals surface area contributed by atoms with Crippen LogP contribution in [0.15, 0.2) is 72.8 Å². The average Bonchev–Trinajstić information content (AvgIpc) is 2.97. The number of carbonyl (C=O) groups is 3. The summed E-state index contributed by atoms with van der Waals surface area (Å²) in [4.78, 5) is 38.8. The Morgan fingerprint density at radius 3 is 2.21 bits per heavy atom. The van der Waals surface area contributed by atoms with Crippen LogP contribution in [0.25, 0.3) is 0 Å². The minimum absolute atomic E-state index is 0.151. The highest BCUT2D eigenvalue weighted by Gasteiger charge is 2.36. The highest BCUT2D eigenvalue weighted by Crippen LogP contribution is 2.28. The Bertz CT molecular complexity index is 1070. The van der Waals surface area contributed by atoms with E-state index in [-0.39, 0.29) is 12.2 Å². The number of amides is 2. The molecule has 0 N–H and O–H groups in total. The van der Waals surface area contributed by atoms with Crippen LogP contribution in [0.4, 0.5) is 5.69 Å². The normalized spacial score (nSPS) is 12.8. The minimum Gasteiger partial charge on any atom is -0.457 e. The fourth-order valence-electron chi connectivity index (χ4n) is 3.23. The third-order valence-electron chi connectivity index (χ3n) is 4.59. The Kier molecular flexibility index (Phi) is 4.49. The molecule has 3 aromatic rings. The van der Waals surface area contributed by atoms with E-state index in [9.17, 15) is 14.4 Å². The van der Waals surface area contributed by atoms with Crippen LogP contribution in [0.1, 0.15) is 42.2 Å². The van der Waals surface area contributed by atoms with Gasteiger partial charge in [-0.05, 0) is 42.8 Å². The molecule has 0 bridgehead atoms. The summed E-state index contributed by atoms with van der Waals surface area (Å²) in [5.41, 5.74) is 3.32. The molecule has 0 atom stereocenters. The third-order valence-corrected chi connectivity index (χ3v) is 4.59. The van der Waals surface area contributed by atoms with E-state index in [1.165, 1.54) is 6.07 Å². The molecule has 138 valence electrons. The van der Waals surface area contributed by atoms with Crippen LogP contribution in [0.2, 0.25) is 0 Å². The van der Waals surface area contributed by atoms with Gasteiger partial charge in [0.15, 0.2) is 0 Å². The standard InChI is InChI=1S/C23H17NO4/c1-15-6-4-7-16(12-15)14-28-23(27)17-8-5-9-18(13-17)24-21(25)19-10-2-3-11-20(19)22(24)26/h2-13H,14H2,1H3. The minimum atomic E-state index is -0.514. The maximum Gasteiger partial charge on any atom is 0.338 e. The molecule has 28 heavy (non-hydrogen) atoms. The largest absolute Gasteiger partial charge is 0.457 e. The highest BCUT2D eigenvalue weighted by molar-refractivity contribution is 6.34. The zero-order valence-corrected chi connectivity index (χ0v) is 15.2. The van der Waals surface area contributed by atoms with Gasteiger partial charge in [0.1, 0.15) is 6.61 Å². The van der Waals surface area contributed by atoms with Crippen molar-refractivity contribution in [1.82, 2.24) is 0 Å². The van der Waals surface area contributed by atoms with E-state index in [0.717, 1.165) is 16.0 Å². The van der Waals surface area contributed by atoms with E-state index in [1.54, 1.807) is 42.5 Å². The van der Waals surface area contributed by atoms with Gasteiger partial charge >= 0.3 is 5.97 Å². The molecule has 1 heterocycles. The van der Waals surface area contributed by atoms with E-state index in [1.807, 2.05) is 31.2 Å². The first kappa shape index (κ1) is 17.7. The summed E-state index contributed by atoms with van der Waals surface area (Å²) in [7, 11) is 0. The van der Waals surface area contributed by atoms with Gasteiger partial charge in [0.05, 0.1) is 22.4 Å². The first-order chi connectivity index (χ1) is 13.5. The summed E-state index contributed by atoms with van der Waals surface area (Å²) < 4.78 is 5.37. The number of hydrogen-bond donors (Lipinski definition) is 0. The number of hydrogen-bond acceptors (Lipinski definition) is 4. The zero-order valence-electron chi connectivity index (χ0n) is 15.2. The maximum absolute atomic E-state index is 12.6. The van der Waals surface area contributed by atoms with Gasteiger partial charge in [0, 0.05) is 0 Å². The van der Waals surface area contributed by atoms with Gasteiger partial charge in [-0.15, -0.1) is 0 Å². The Balaban J connectivity index is 1.54. The van der Waals surface area contributed by atoms with Crippen molar-refractivity contribution in [3.05, 3.63) is 101 Å². The molecular formula is C23H17NO4. The van der Waals surface area contributed by atoms with Gasteiger partial charge in [-0.2, -0.15) is 0 Å². The molecule has 5 heteroatoms. The van der Waals surface area contributed by atoms with Crippen molar-refractivity contribution >= 4 is 23.5 Å². The molecule has 0 aliphatic carbocycles. The molecule has 0 saturated heterocycles. The van der Waals surface area contributed by atoms with E-state index in [4.69, 9.17) is 4.74 Å². The van der Waals surface area contributed by atoms with Crippen LogP contribution < -0.4 is 4.90 Å². The number of carbonyl (C=O) groups excluding carboxylic acids is 3. The summed E-state index contributed by atoms with van der Waals surface area (Å²) in [6.45, 7) is 2.12. The van der Waals surface area contributed by atoms with E-state index >= 15 is 0 Å². The maximum atomic E-state index is 12.6. The number of rotatable bonds is 4. The van der Waals surface area contributed by atoms with E-state index < -0.39 is 17.8 Å². The number of esters is 1. The van der Waals surface area contributed by atoms with Crippen LogP contribution in [-0.2, 0) is 11.3 Å². The quantitative estimate of drug-likeness (QED) is 0.510.